The van der Waals surface area contributed by atoms with E-state index in [1.165, 1.54) is 12.8 Å². The monoisotopic (exact) mass is 275 g/mol. The van der Waals surface area contributed by atoms with E-state index >= 15 is 0 Å². The number of hydrogen-bond acceptors (Lipinski definition) is 3. The third-order valence-electron chi connectivity index (χ3n) is 3.49. The van der Waals surface area contributed by atoms with Crippen molar-refractivity contribution in [1.82, 2.24) is 4.90 Å². The summed E-state index contributed by atoms with van der Waals surface area (Å²) >= 11 is 0. The fourth-order valence-electron chi connectivity index (χ4n) is 2.19. The van der Waals surface area contributed by atoms with E-state index in [1.54, 1.807) is 6.08 Å². The molecule has 0 spiro atoms. The molecule has 3 nitrogen and oxygen atoms in total. The summed E-state index contributed by atoms with van der Waals surface area (Å²) < 4.78 is 11.6. The Balaban J connectivity index is 1.87. The van der Waals surface area contributed by atoms with E-state index in [1.807, 2.05) is 24.3 Å². The largest absolute Gasteiger partial charge is 0.490 e. The van der Waals surface area contributed by atoms with Gasteiger partial charge < -0.3 is 14.4 Å². The summed E-state index contributed by atoms with van der Waals surface area (Å²) in [6.45, 7) is 5.25. The van der Waals surface area contributed by atoms with Crippen LogP contribution in [-0.2, 0) is 0 Å². The van der Waals surface area contributed by atoms with Gasteiger partial charge >= 0.3 is 0 Å². The summed E-state index contributed by atoms with van der Waals surface area (Å²) in [5.41, 5.74) is 0. The fraction of sp³-hybridized carbons (Fsp3) is 0.529. The van der Waals surface area contributed by atoms with Crippen LogP contribution >= 0.6 is 0 Å². The van der Waals surface area contributed by atoms with Gasteiger partial charge in [0.25, 0.3) is 0 Å². The van der Waals surface area contributed by atoms with Gasteiger partial charge in [-0.25, -0.2) is 0 Å². The van der Waals surface area contributed by atoms with E-state index in [0.717, 1.165) is 30.4 Å². The van der Waals surface area contributed by atoms with Gasteiger partial charge in [-0.15, -0.1) is 0 Å². The van der Waals surface area contributed by atoms with Crippen LogP contribution in [0.3, 0.4) is 0 Å². The molecule has 2 rings (SSSR count). The highest BCUT2D eigenvalue weighted by molar-refractivity contribution is 5.31. The Kier molecular flexibility index (Phi) is 5.48. The Hall–Kier alpha value is -1.48. The normalized spacial score (nSPS) is 15.9. The lowest BCUT2D eigenvalue weighted by Gasteiger charge is -2.21. The molecular weight excluding hydrogens is 250 g/mol. The molecule has 3 heteroatoms. The van der Waals surface area contributed by atoms with Crippen molar-refractivity contribution in [1.29, 1.82) is 0 Å². The molecule has 20 heavy (non-hydrogen) atoms. The lowest BCUT2D eigenvalue weighted by atomic mass is 10.1. The molecule has 0 heterocycles. The average molecular weight is 275 g/mol. The van der Waals surface area contributed by atoms with Crippen LogP contribution in [-0.4, -0.2) is 38.3 Å². The summed E-state index contributed by atoms with van der Waals surface area (Å²) in [5.74, 6) is 2.53. The predicted molar refractivity (Wildman–Crippen MR) is 82.4 cm³/mol. The fourth-order valence-corrected chi connectivity index (χ4v) is 2.19. The predicted octanol–water partition coefficient (Wildman–Crippen LogP) is 3.36. The molecule has 0 amide bonds. The first-order valence-corrected chi connectivity index (χ1v) is 7.34. The van der Waals surface area contributed by atoms with E-state index in [9.17, 15) is 0 Å². The smallest absolute Gasteiger partial charge is 0.120 e. The molecule has 0 radical (unpaired) electrons. The van der Waals surface area contributed by atoms with Gasteiger partial charge in [-0.3, -0.25) is 0 Å². The van der Waals surface area contributed by atoms with Crippen molar-refractivity contribution < 1.29 is 9.47 Å². The maximum Gasteiger partial charge on any atom is 0.120 e. The van der Waals surface area contributed by atoms with E-state index in [4.69, 9.17) is 9.47 Å². The highest BCUT2D eigenvalue weighted by atomic mass is 16.5. The average Bonchev–Trinajstić information content (AvgIpc) is 3.27. The minimum Gasteiger partial charge on any atom is -0.490 e. The first kappa shape index (κ1) is 14.9. The van der Waals surface area contributed by atoms with Gasteiger partial charge in [0.05, 0.1) is 0 Å². The van der Waals surface area contributed by atoms with Crippen molar-refractivity contribution >= 4 is 0 Å². The van der Waals surface area contributed by atoms with Crippen molar-refractivity contribution in [2.45, 2.75) is 25.4 Å². The van der Waals surface area contributed by atoms with Crippen molar-refractivity contribution in [2.24, 2.45) is 5.92 Å². The molecule has 0 aliphatic heterocycles. The van der Waals surface area contributed by atoms with Gasteiger partial charge in [0, 0.05) is 6.54 Å². The first-order chi connectivity index (χ1) is 9.69. The van der Waals surface area contributed by atoms with Crippen molar-refractivity contribution in [3.8, 4) is 11.5 Å². The number of rotatable bonds is 9. The van der Waals surface area contributed by atoms with Gasteiger partial charge in [-0.1, -0.05) is 12.7 Å². The quantitative estimate of drug-likeness (QED) is 0.645. The third-order valence-corrected chi connectivity index (χ3v) is 3.49. The molecule has 1 fully saturated rings. The summed E-state index contributed by atoms with van der Waals surface area (Å²) in [4.78, 5) is 2.21. The zero-order chi connectivity index (χ0) is 14.4. The second kappa shape index (κ2) is 7.34. The van der Waals surface area contributed by atoms with Crippen molar-refractivity contribution in [3.63, 3.8) is 0 Å². The summed E-state index contributed by atoms with van der Waals surface area (Å²) in [7, 11) is 4.21. The van der Waals surface area contributed by atoms with Crippen LogP contribution in [0.5, 0.6) is 11.5 Å². The van der Waals surface area contributed by atoms with Crippen LogP contribution < -0.4 is 9.47 Å². The van der Waals surface area contributed by atoms with E-state index in [0.29, 0.717) is 12.7 Å². The maximum absolute atomic E-state index is 6.15. The molecule has 1 atom stereocenters. The SMILES string of the molecule is C=CCOc1ccc(OC(CCN(C)C)C2CC2)cc1. The van der Waals surface area contributed by atoms with Crippen molar-refractivity contribution in [2.75, 3.05) is 27.2 Å². The topological polar surface area (TPSA) is 21.7 Å². The van der Waals surface area contributed by atoms with E-state index in [-0.39, 0.29) is 0 Å². The van der Waals surface area contributed by atoms with Gasteiger partial charge in [-0.05, 0) is 63.5 Å². The van der Waals surface area contributed by atoms with Crippen LogP contribution in [0.1, 0.15) is 19.3 Å². The highest BCUT2D eigenvalue weighted by Gasteiger charge is 2.32. The van der Waals surface area contributed by atoms with Crippen LogP contribution in [0, 0.1) is 5.92 Å². The molecule has 1 aromatic carbocycles. The Labute approximate surface area is 122 Å². The molecule has 0 aromatic heterocycles. The number of nitrogens with zero attached hydrogens (tertiary/aromatic N) is 1. The van der Waals surface area contributed by atoms with E-state index in [2.05, 4.69) is 25.6 Å². The molecular formula is C17H25NO2. The number of benzene rings is 1. The standard InChI is InChI=1S/C17H25NO2/c1-4-13-19-15-7-9-16(10-8-15)20-17(14-5-6-14)11-12-18(2)3/h4,7-10,14,17H,1,5-6,11-13H2,2-3H3. The molecule has 110 valence electrons. The van der Waals surface area contributed by atoms with Gasteiger partial charge in [0.15, 0.2) is 0 Å². The molecule has 0 bridgehead atoms. The Morgan fingerprint density at radius 3 is 2.45 bits per heavy atom. The van der Waals surface area contributed by atoms with Crippen LogP contribution in [0.2, 0.25) is 0 Å². The summed E-state index contributed by atoms with van der Waals surface area (Å²) in [6.07, 6.45) is 5.79. The van der Waals surface area contributed by atoms with Crippen LogP contribution in [0.15, 0.2) is 36.9 Å². The minimum atomic E-state index is 0.345. The Morgan fingerprint density at radius 1 is 1.25 bits per heavy atom. The molecule has 1 saturated carbocycles. The molecule has 1 unspecified atom stereocenters. The second-order valence-corrected chi connectivity index (χ2v) is 5.66. The lowest BCUT2D eigenvalue weighted by Crippen LogP contribution is -2.25. The zero-order valence-corrected chi connectivity index (χ0v) is 12.5. The Morgan fingerprint density at radius 2 is 1.90 bits per heavy atom. The minimum absolute atomic E-state index is 0.345. The van der Waals surface area contributed by atoms with Gasteiger partial charge in [-0.2, -0.15) is 0 Å². The third kappa shape index (κ3) is 4.89. The molecule has 0 N–H and O–H groups in total. The highest BCUT2D eigenvalue weighted by Crippen LogP contribution is 2.36. The lowest BCUT2D eigenvalue weighted by molar-refractivity contribution is 0.155. The summed E-state index contributed by atoms with van der Waals surface area (Å²) in [6, 6.07) is 7.89. The molecule has 0 saturated heterocycles. The molecule has 1 aliphatic carbocycles. The van der Waals surface area contributed by atoms with Crippen molar-refractivity contribution in [3.05, 3.63) is 36.9 Å². The van der Waals surface area contributed by atoms with Gasteiger partial charge in [0.1, 0.15) is 24.2 Å². The van der Waals surface area contributed by atoms with Gasteiger partial charge in [0.2, 0.25) is 0 Å². The van der Waals surface area contributed by atoms with E-state index < -0.39 is 0 Å². The first-order valence-electron chi connectivity index (χ1n) is 7.34. The van der Waals surface area contributed by atoms with Crippen LogP contribution in [0.25, 0.3) is 0 Å². The number of hydrogen-bond donors (Lipinski definition) is 0. The second-order valence-electron chi connectivity index (χ2n) is 5.66. The molecule has 1 aliphatic rings. The zero-order valence-electron chi connectivity index (χ0n) is 12.5. The Bertz CT molecular complexity index is 410. The number of ether oxygens (including phenoxy) is 2. The maximum atomic E-state index is 6.15. The molecule has 1 aromatic rings. The summed E-state index contributed by atoms with van der Waals surface area (Å²) in [5, 5.41) is 0. The van der Waals surface area contributed by atoms with Crippen LogP contribution in [0.4, 0.5) is 0 Å².